The van der Waals surface area contributed by atoms with E-state index >= 15 is 0 Å². The van der Waals surface area contributed by atoms with Crippen molar-refractivity contribution in [3.8, 4) is 0 Å². The van der Waals surface area contributed by atoms with Gasteiger partial charge < -0.3 is 5.32 Å². The van der Waals surface area contributed by atoms with Gasteiger partial charge >= 0.3 is 0 Å². The van der Waals surface area contributed by atoms with Crippen molar-refractivity contribution in [1.82, 2.24) is 0 Å². The molecule has 0 saturated carbocycles. The Bertz CT molecular complexity index is 699. The molecule has 0 aliphatic carbocycles. The summed E-state index contributed by atoms with van der Waals surface area (Å²) in [5.74, 6) is 0. The lowest BCUT2D eigenvalue weighted by Crippen LogP contribution is -1.86. The van der Waals surface area contributed by atoms with Gasteiger partial charge in [0.1, 0.15) is 0 Å². The van der Waals surface area contributed by atoms with E-state index in [1.54, 1.807) is 0 Å². The Hall–Kier alpha value is -2.54. The minimum Gasteiger partial charge on any atom is -0.362 e. The minimum atomic E-state index is 1.10. The molecule has 0 atom stereocenters. The summed E-state index contributed by atoms with van der Waals surface area (Å²) in [4.78, 5) is 0. The molecule has 1 heteroatoms. The number of anilines is 1. The van der Waals surface area contributed by atoms with Crippen LogP contribution in [0.15, 0.2) is 79.0 Å². The predicted molar refractivity (Wildman–Crippen MR) is 83.0 cm³/mol. The van der Waals surface area contributed by atoms with Crippen LogP contribution in [0.3, 0.4) is 0 Å². The van der Waals surface area contributed by atoms with Crippen LogP contribution in [0.25, 0.3) is 16.8 Å². The molecule has 0 unspecified atom stereocenters. The van der Waals surface area contributed by atoms with Crippen LogP contribution in [0, 0.1) is 0 Å². The molecular weight excluding hydrogens is 230 g/mol. The van der Waals surface area contributed by atoms with Crippen LogP contribution in [-0.2, 0) is 0 Å². The maximum Gasteiger partial charge on any atom is 0.0386 e. The third-order valence-corrected chi connectivity index (χ3v) is 3.07. The Morgan fingerprint density at radius 2 is 1.42 bits per heavy atom. The van der Waals surface area contributed by atoms with Crippen molar-refractivity contribution in [2.24, 2.45) is 0 Å². The van der Waals surface area contributed by atoms with E-state index in [4.69, 9.17) is 0 Å². The molecular formula is C18H15N. The fourth-order valence-electron chi connectivity index (χ4n) is 2.08. The SMILES string of the molecule is C(=Cc1ccccc1)Nc1ccc2ccccc2c1. The first-order chi connectivity index (χ1) is 9.42. The molecule has 0 aliphatic heterocycles. The first-order valence-electron chi connectivity index (χ1n) is 6.39. The summed E-state index contributed by atoms with van der Waals surface area (Å²) in [7, 11) is 0. The molecule has 0 aromatic heterocycles. The molecule has 0 radical (unpaired) electrons. The summed E-state index contributed by atoms with van der Waals surface area (Å²) in [6.45, 7) is 0. The van der Waals surface area contributed by atoms with Crippen molar-refractivity contribution in [3.05, 3.63) is 84.6 Å². The zero-order valence-corrected chi connectivity index (χ0v) is 10.6. The summed E-state index contributed by atoms with van der Waals surface area (Å²) >= 11 is 0. The van der Waals surface area contributed by atoms with E-state index in [2.05, 4.69) is 66.0 Å². The fraction of sp³-hybridized carbons (Fsp3) is 0. The number of rotatable bonds is 3. The molecule has 1 nitrogen and oxygen atoms in total. The summed E-state index contributed by atoms with van der Waals surface area (Å²) in [5, 5.41) is 5.82. The minimum absolute atomic E-state index is 1.10. The van der Waals surface area contributed by atoms with Gasteiger partial charge in [0.2, 0.25) is 0 Å². The maximum absolute atomic E-state index is 3.30. The molecule has 92 valence electrons. The number of benzene rings is 3. The van der Waals surface area contributed by atoms with E-state index in [0.717, 1.165) is 5.69 Å². The zero-order chi connectivity index (χ0) is 12.9. The van der Waals surface area contributed by atoms with Crippen molar-refractivity contribution >= 4 is 22.5 Å². The van der Waals surface area contributed by atoms with Crippen LogP contribution in [-0.4, -0.2) is 0 Å². The highest BCUT2D eigenvalue weighted by Gasteiger charge is 1.93. The van der Waals surface area contributed by atoms with Gasteiger partial charge in [-0.2, -0.15) is 0 Å². The van der Waals surface area contributed by atoms with Gasteiger partial charge in [-0.15, -0.1) is 0 Å². The Morgan fingerprint density at radius 1 is 0.684 bits per heavy atom. The van der Waals surface area contributed by atoms with Gasteiger partial charge in [0.05, 0.1) is 0 Å². The first-order valence-corrected chi connectivity index (χ1v) is 6.39. The topological polar surface area (TPSA) is 12.0 Å². The third-order valence-electron chi connectivity index (χ3n) is 3.07. The van der Waals surface area contributed by atoms with Crippen LogP contribution >= 0.6 is 0 Å². The fourth-order valence-corrected chi connectivity index (χ4v) is 2.08. The number of nitrogens with one attached hydrogen (secondary N) is 1. The van der Waals surface area contributed by atoms with E-state index < -0.39 is 0 Å². The van der Waals surface area contributed by atoms with E-state index in [0.29, 0.717) is 0 Å². The van der Waals surface area contributed by atoms with Crippen LogP contribution in [0.5, 0.6) is 0 Å². The lowest BCUT2D eigenvalue weighted by molar-refractivity contribution is 1.60. The van der Waals surface area contributed by atoms with Gasteiger partial charge in [0.25, 0.3) is 0 Å². The Balaban J connectivity index is 1.77. The van der Waals surface area contributed by atoms with Crippen molar-refractivity contribution in [3.63, 3.8) is 0 Å². The predicted octanol–water partition coefficient (Wildman–Crippen LogP) is 4.92. The highest BCUT2D eigenvalue weighted by molar-refractivity contribution is 5.85. The summed E-state index contributed by atoms with van der Waals surface area (Å²) in [6.07, 6.45) is 4.04. The van der Waals surface area contributed by atoms with Crippen LogP contribution in [0.1, 0.15) is 5.56 Å². The molecule has 3 aromatic rings. The molecule has 3 rings (SSSR count). The first kappa shape index (κ1) is 11.5. The van der Waals surface area contributed by atoms with Crippen molar-refractivity contribution in [2.45, 2.75) is 0 Å². The highest BCUT2D eigenvalue weighted by atomic mass is 14.8. The standard InChI is InChI=1S/C18H15N/c1-2-6-15(7-3-1)12-13-19-18-11-10-16-8-4-5-9-17(16)14-18/h1-14,19H. The Labute approximate surface area is 113 Å². The van der Waals surface area contributed by atoms with Crippen LogP contribution in [0.2, 0.25) is 0 Å². The monoisotopic (exact) mass is 245 g/mol. The van der Waals surface area contributed by atoms with E-state index in [1.807, 2.05) is 24.4 Å². The molecule has 0 aliphatic rings. The van der Waals surface area contributed by atoms with E-state index in [1.165, 1.54) is 16.3 Å². The van der Waals surface area contributed by atoms with Gasteiger partial charge in [-0.3, -0.25) is 0 Å². The number of hydrogen-bond donors (Lipinski definition) is 1. The normalized spacial score (nSPS) is 10.9. The van der Waals surface area contributed by atoms with Crippen LogP contribution < -0.4 is 5.32 Å². The van der Waals surface area contributed by atoms with E-state index in [9.17, 15) is 0 Å². The molecule has 3 aromatic carbocycles. The molecule has 1 N–H and O–H groups in total. The van der Waals surface area contributed by atoms with Crippen molar-refractivity contribution in [1.29, 1.82) is 0 Å². The van der Waals surface area contributed by atoms with Gasteiger partial charge in [-0.1, -0.05) is 60.7 Å². The maximum atomic E-state index is 3.30. The van der Waals surface area contributed by atoms with Gasteiger partial charge in [0, 0.05) is 11.9 Å². The Morgan fingerprint density at radius 3 is 2.26 bits per heavy atom. The summed E-state index contributed by atoms with van der Waals surface area (Å²) < 4.78 is 0. The average Bonchev–Trinajstić information content (AvgIpc) is 2.48. The summed E-state index contributed by atoms with van der Waals surface area (Å²) in [6, 6.07) is 25.0. The second-order valence-electron chi connectivity index (χ2n) is 4.45. The van der Waals surface area contributed by atoms with Crippen LogP contribution in [0.4, 0.5) is 5.69 Å². The molecule has 0 amide bonds. The number of hydrogen-bond acceptors (Lipinski definition) is 1. The second kappa shape index (κ2) is 5.40. The van der Waals surface area contributed by atoms with E-state index in [-0.39, 0.29) is 0 Å². The molecule has 0 spiro atoms. The Kier molecular flexibility index (Phi) is 3.28. The van der Waals surface area contributed by atoms with Crippen molar-refractivity contribution in [2.75, 3.05) is 5.32 Å². The second-order valence-corrected chi connectivity index (χ2v) is 4.45. The third kappa shape index (κ3) is 2.83. The van der Waals surface area contributed by atoms with Gasteiger partial charge in [-0.25, -0.2) is 0 Å². The summed E-state index contributed by atoms with van der Waals surface area (Å²) in [5.41, 5.74) is 2.29. The highest BCUT2D eigenvalue weighted by Crippen LogP contribution is 2.18. The molecule has 0 heterocycles. The smallest absolute Gasteiger partial charge is 0.0386 e. The van der Waals surface area contributed by atoms with Gasteiger partial charge in [-0.05, 0) is 34.5 Å². The quantitative estimate of drug-likeness (QED) is 0.690. The largest absolute Gasteiger partial charge is 0.362 e. The lowest BCUT2D eigenvalue weighted by Gasteiger charge is -2.03. The molecule has 0 bridgehead atoms. The average molecular weight is 245 g/mol. The van der Waals surface area contributed by atoms with Gasteiger partial charge in [0.15, 0.2) is 0 Å². The molecule has 19 heavy (non-hydrogen) atoms. The molecule has 0 fully saturated rings. The zero-order valence-electron chi connectivity index (χ0n) is 10.6. The number of fused-ring (bicyclic) bond motifs is 1. The lowest BCUT2D eigenvalue weighted by atomic mass is 10.1. The van der Waals surface area contributed by atoms with Crippen molar-refractivity contribution < 1.29 is 0 Å². The molecule has 0 saturated heterocycles.